The molecule has 1 atom stereocenters. The van der Waals surface area contributed by atoms with Crippen LogP contribution < -0.4 is 10.6 Å². The smallest absolute Gasteiger partial charge is 0.262 e. The van der Waals surface area contributed by atoms with Gasteiger partial charge in [0.2, 0.25) is 5.91 Å². The van der Waals surface area contributed by atoms with Crippen LogP contribution in [0.5, 0.6) is 0 Å². The maximum Gasteiger partial charge on any atom is 0.262 e. The Morgan fingerprint density at radius 1 is 1.06 bits per heavy atom. The van der Waals surface area contributed by atoms with Gasteiger partial charge in [-0.2, -0.15) is 0 Å². The van der Waals surface area contributed by atoms with Crippen molar-refractivity contribution in [3.8, 4) is 0 Å². The Morgan fingerprint density at radius 3 is 2.28 bits per heavy atom. The van der Waals surface area contributed by atoms with Gasteiger partial charge in [-0.25, -0.2) is 0 Å². The van der Waals surface area contributed by atoms with E-state index >= 15 is 0 Å². The summed E-state index contributed by atoms with van der Waals surface area (Å²) in [6.07, 6.45) is 3.75. The van der Waals surface area contributed by atoms with Crippen molar-refractivity contribution in [2.24, 2.45) is 5.92 Å². The number of carbonyl (C=O) groups is 4. The van der Waals surface area contributed by atoms with Crippen LogP contribution in [-0.4, -0.2) is 41.1 Å². The molecule has 2 aliphatic rings. The van der Waals surface area contributed by atoms with Crippen LogP contribution in [0.2, 0.25) is 0 Å². The summed E-state index contributed by atoms with van der Waals surface area (Å²) in [5, 5.41) is 6.24. The lowest BCUT2D eigenvalue weighted by molar-refractivity contribution is -0.121. The summed E-state index contributed by atoms with van der Waals surface area (Å²) in [6, 6.07) is 5.62. The van der Waals surface area contributed by atoms with Gasteiger partial charge in [0.1, 0.15) is 11.0 Å². The van der Waals surface area contributed by atoms with E-state index in [1.807, 2.05) is 6.92 Å². The first-order valence-corrected chi connectivity index (χ1v) is 11.9. The topological polar surface area (TPSA) is 95.6 Å². The predicted octanol–water partition coefficient (Wildman–Crippen LogP) is 3.64. The van der Waals surface area contributed by atoms with Crippen molar-refractivity contribution in [2.75, 3.05) is 11.9 Å². The average molecular weight is 454 g/mol. The monoisotopic (exact) mass is 453 g/mol. The van der Waals surface area contributed by atoms with E-state index in [-0.39, 0.29) is 11.8 Å². The molecular weight excluding hydrogens is 426 g/mol. The summed E-state index contributed by atoms with van der Waals surface area (Å²) >= 11 is 1.42. The summed E-state index contributed by atoms with van der Waals surface area (Å²) in [7, 11) is 0. The SMILES string of the molecule is CCNC(=O)c1c(NC(=O)[C@@H](C(C)C)N2C(=O)c3ccccc3C2=O)sc2c1CCCC2. The second-order valence-corrected chi connectivity index (χ2v) is 9.58. The van der Waals surface area contributed by atoms with Crippen molar-refractivity contribution in [3.63, 3.8) is 0 Å². The highest BCUT2D eigenvalue weighted by Gasteiger charge is 2.44. The number of hydrogen-bond donors (Lipinski definition) is 2. The molecule has 0 bridgehead atoms. The number of carbonyl (C=O) groups excluding carboxylic acids is 4. The zero-order valence-corrected chi connectivity index (χ0v) is 19.3. The van der Waals surface area contributed by atoms with Gasteiger partial charge in [-0.15, -0.1) is 11.3 Å². The average Bonchev–Trinajstić information content (AvgIpc) is 3.24. The molecule has 0 saturated carbocycles. The summed E-state index contributed by atoms with van der Waals surface area (Å²) in [4.78, 5) is 54.4. The van der Waals surface area contributed by atoms with Crippen LogP contribution in [-0.2, 0) is 17.6 Å². The summed E-state index contributed by atoms with van der Waals surface area (Å²) in [5.41, 5.74) is 2.14. The number of imide groups is 1. The fourth-order valence-corrected chi connectivity index (χ4v) is 5.80. The van der Waals surface area contributed by atoms with Gasteiger partial charge in [0.25, 0.3) is 17.7 Å². The molecule has 1 aliphatic heterocycles. The Hall–Kier alpha value is -3.00. The van der Waals surface area contributed by atoms with Crippen LogP contribution >= 0.6 is 11.3 Å². The zero-order chi connectivity index (χ0) is 23.0. The molecule has 1 aromatic heterocycles. The number of nitrogens with one attached hydrogen (secondary N) is 2. The third-order valence-electron chi connectivity index (χ3n) is 5.98. The van der Waals surface area contributed by atoms with Gasteiger partial charge in [-0.3, -0.25) is 24.1 Å². The standard InChI is InChI=1S/C24H27N3O4S/c1-4-25-20(28)18-16-11-7-8-12-17(16)32-22(18)26-21(29)19(13(2)3)27-23(30)14-9-5-6-10-15(14)24(27)31/h5-6,9-10,13,19H,4,7-8,11-12H2,1-3H3,(H,25,28)(H,26,29)/t19-/m1/s1. The van der Waals surface area contributed by atoms with Gasteiger partial charge in [-0.1, -0.05) is 26.0 Å². The molecule has 0 spiro atoms. The molecule has 7 nitrogen and oxygen atoms in total. The van der Waals surface area contributed by atoms with Gasteiger partial charge in [0.15, 0.2) is 0 Å². The molecule has 8 heteroatoms. The van der Waals surface area contributed by atoms with Crippen LogP contribution in [0.25, 0.3) is 0 Å². The number of benzene rings is 1. The largest absolute Gasteiger partial charge is 0.352 e. The minimum absolute atomic E-state index is 0.205. The van der Waals surface area contributed by atoms with E-state index in [4.69, 9.17) is 0 Å². The van der Waals surface area contributed by atoms with E-state index in [0.29, 0.717) is 28.2 Å². The van der Waals surface area contributed by atoms with E-state index in [1.165, 1.54) is 11.3 Å². The highest BCUT2D eigenvalue weighted by molar-refractivity contribution is 7.17. The summed E-state index contributed by atoms with van der Waals surface area (Å²) in [6.45, 7) is 5.95. The molecule has 2 heterocycles. The molecule has 0 saturated heterocycles. The van der Waals surface area contributed by atoms with Crippen molar-refractivity contribution in [1.29, 1.82) is 0 Å². The molecule has 0 radical (unpaired) electrons. The van der Waals surface area contributed by atoms with E-state index in [0.717, 1.165) is 41.0 Å². The molecule has 0 unspecified atom stereocenters. The van der Waals surface area contributed by atoms with Crippen molar-refractivity contribution in [3.05, 3.63) is 51.4 Å². The lowest BCUT2D eigenvalue weighted by atomic mass is 9.95. The number of thiophene rings is 1. The normalized spacial score (nSPS) is 16.1. The van der Waals surface area contributed by atoms with Gasteiger partial charge in [0.05, 0.1) is 16.7 Å². The Morgan fingerprint density at radius 2 is 1.69 bits per heavy atom. The first kappa shape index (κ1) is 22.2. The number of anilines is 1. The molecule has 1 aliphatic carbocycles. The van der Waals surface area contributed by atoms with Crippen LogP contribution in [0.4, 0.5) is 5.00 Å². The van der Waals surface area contributed by atoms with E-state index in [1.54, 1.807) is 38.1 Å². The molecule has 4 rings (SSSR count). The third-order valence-corrected chi connectivity index (χ3v) is 7.18. The quantitative estimate of drug-likeness (QED) is 0.653. The highest BCUT2D eigenvalue weighted by atomic mass is 32.1. The number of rotatable bonds is 6. The van der Waals surface area contributed by atoms with Gasteiger partial charge in [0, 0.05) is 11.4 Å². The molecule has 32 heavy (non-hydrogen) atoms. The second-order valence-electron chi connectivity index (χ2n) is 8.48. The first-order chi connectivity index (χ1) is 15.3. The van der Waals surface area contributed by atoms with Gasteiger partial charge in [-0.05, 0) is 56.2 Å². The number of fused-ring (bicyclic) bond motifs is 2. The number of aryl methyl sites for hydroxylation is 1. The molecule has 4 amide bonds. The molecular formula is C24H27N3O4S. The lowest BCUT2D eigenvalue weighted by Crippen LogP contribution is -2.50. The number of hydrogen-bond acceptors (Lipinski definition) is 5. The Bertz CT molecular complexity index is 1070. The summed E-state index contributed by atoms with van der Waals surface area (Å²) in [5.74, 6) is -1.90. The maximum atomic E-state index is 13.4. The van der Waals surface area contributed by atoms with Crippen molar-refractivity contribution >= 4 is 40.0 Å². The fraction of sp³-hybridized carbons (Fsp3) is 0.417. The fourth-order valence-electron chi connectivity index (χ4n) is 4.51. The zero-order valence-electron chi connectivity index (χ0n) is 18.5. The van der Waals surface area contributed by atoms with Crippen LogP contribution in [0.1, 0.15) is 75.1 Å². The first-order valence-electron chi connectivity index (χ1n) is 11.1. The van der Waals surface area contributed by atoms with Crippen LogP contribution in [0.3, 0.4) is 0 Å². The number of amides is 4. The van der Waals surface area contributed by atoms with Gasteiger partial charge >= 0.3 is 0 Å². The van der Waals surface area contributed by atoms with E-state index < -0.39 is 23.8 Å². The van der Waals surface area contributed by atoms with Crippen LogP contribution in [0, 0.1) is 5.92 Å². The highest BCUT2D eigenvalue weighted by Crippen LogP contribution is 2.38. The van der Waals surface area contributed by atoms with Gasteiger partial charge < -0.3 is 10.6 Å². The lowest BCUT2D eigenvalue weighted by Gasteiger charge is -2.28. The number of nitrogens with zero attached hydrogens (tertiary/aromatic N) is 1. The molecule has 2 aromatic rings. The molecule has 1 aromatic carbocycles. The maximum absolute atomic E-state index is 13.4. The molecule has 168 valence electrons. The van der Waals surface area contributed by atoms with Crippen molar-refractivity contribution < 1.29 is 19.2 Å². The van der Waals surface area contributed by atoms with E-state index in [2.05, 4.69) is 10.6 Å². The van der Waals surface area contributed by atoms with Crippen molar-refractivity contribution in [2.45, 2.75) is 52.5 Å². The predicted molar refractivity (Wildman–Crippen MR) is 123 cm³/mol. The van der Waals surface area contributed by atoms with Crippen molar-refractivity contribution in [1.82, 2.24) is 10.2 Å². The Kier molecular flexibility index (Phi) is 6.15. The third kappa shape index (κ3) is 3.72. The Balaban J connectivity index is 1.67. The minimum atomic E-state index is -0.983. The summed E-state index contributed by atoms with van der Waals surface area (Å²) < 4.78 is 0. The molecule has 2 N–H and O–H groups in total. The Labute approximate surface area is 191 Å². The van der Waals surface area contributed by atoms with E-state index in [9.17, 15) is 19.2 Å². The second kappa shape index (κ2) is 8.86. The minimum Gasteiger partial charge on any atom is -0.352 e. The van der Waals surface area contributed by atoms with Crippen LogP contribution in [0.15, 0.2) is 24.3 Å². The molecule has 0 fully saturated rings.